The molecule has 5 heteroatoms. The van der Waals surface area contributed by atoms with Gasteiger partial charge in [-0.15, -0.1) is 0 Å². The maximum Gasteiger partial charge on any atom is 0.340 e. The van der Waals surface area contributed by atoms with E-state index in [0.29, 0.717) is 15.2 Å². The highest BCUT2D eigenvalue weighted by atomic mass is 79.9. The highest BCUT2D eigenvalue weighted by molar-refractivity contribution is 9.10. The summed E-state index contributed by atoms with van der Waals surface area (Å²) < 4.78 is 5.08. The molecule has 1 rings (SSSR count). The Hall–Kier alpha value is -0.610. The van der Waals surface area contributed by atoms with Gasteiger partial charge in [0.2, 0.25) is 0 Å². The lowest BCUT2D eigenvalue weighted by atomic mass is 10.3. The molecule has 0 aliphatic heterocycles. The van der Waals surface area contributed by atoms with E-state index in [1.807, 2.05) is 0 Å². The fourth-order valence-electron chi connectivity index (χ4n) is 0.668. The average molecular weight is 250 g/mol. The number of carbonyl (C=O) groups is 1. The summed E-state index contributed by atoms with van der Waals surface area (Å²) in [6, 6.07) is 1.54. The Labute approximate surface area is 82.8 Å². The second-order valence-corrected chi connectivity index (χ2v) is 3.22. The van der Waals surface area contributed by atoms with Crippen molar-refractivity contribution in [3.8, 4) is 0 Å². The van der Waals surface area contributed by atoms with Crippen LogP contribution < -0.4 is 0 Å². The minimum absolute atomic E-state index is 0.328. The number of rotatable bonds is 1. The normalized spacial score (nSPS) is 9.58. The molecule has 0 atom stereocenters. The van der Waals surface area contributed by atoms with Crippen molar-refractivity contribution in [2.75, 3.05) is 7.11 Å². The number of hydrogen-bond donors (Lipinski definition) is 0. The van der Waals surface area contributed by atoms with Crippen molar-refractivity contribution in [3.63, 3.8) is 0 Å². The molecule has 1 aromatic heterocycles. The summed E-state index contributed by atoms with van der Waals surface area (Å²) in [5.41, 5.74) is 0.363. The molecule has 0 aliphatic carbocycles. The van der Waals surface area contributed by atoms with Crippen LogP contribution in [-0.2, 0) is 4.74 Å². The Balaban J connectivity index is 3.09. The highest BCUT2D eigenvalue weighted by Gasteiger charge is 2.10. The zero-order chi connectivity index (χ0) is 9.14. The van der Waals surface area contributed by atoms with Crippen LogP contribution in [-0.4, -0.2) is 18.1 Å². The Kier molecular flexibility index (Phi) is 3.05. The van der Waals surface area contributed by atoms with E-state index >= 15 is 0 Å². The van der Waals surface area contributed by atoms with E-state index in [2.05, 4.69) is 25.7 Å². The predicted octanol–water partition coefficient (Wildman–Crippen LogP) is 2.28. The number of carbonyl (C=O) groups excluding carboxylic acids is 1. The van der Waals surface area contributed by atoms with Crippen molar-refractivity contribution in [1.82, 2.24) is 4.98 Å². The van der Waals surface area contributed by atoms with Crippen molar-refractivity contribution in [1.29, 1.82) is 0 Å². The first-order valence-corrected chi connectivity index (χ1v) is 4.21. The summed E-state index contributed by atoms with van der Waals surface area (Å²) in [6.45, 7) is 0. The van der Waals surface area contributed by atoms with Crippen molar-refractivity contribution in [3.05, 3.63) is 27.5 Å². The van der Waals surface area contributed by atoms with Gasteiger partial charge in [0.15, 0.2) is 0 Å². The van der Waals surface area contributed by atoms with Gasteiger partial charge in [-0.2, -0.15) is 0 Å². The maximum absolute atomic E-state index is 11.0. The first kappa shape index (κ1) is 9.48. The van der Waals surface area contributed by atoms with Crippen LogP contribution in [0, 0.1) is 0 Å². The van der Waals surface area contributed by atoms with E-state index in [1.165, 1.54) is 19.4 Å². The van der Waals surface area contributed by atoms with Crippen LogP contribution in [0.15, 0.2) is 16.7 Å². The summed E-state index contributed by atoms with van der Waals surface area (Å²) >= 11 is 8.73. The van der Waals surface area contributed by atoms with E-state index in [0.717, 1.165) is 0 Å². The van der Waals surface area contributed by atoms with Gasteiger partial charge in [0.05, 0.1) is 12.7 Å². The van der Waals surface area contributed by atoms with Crippen molar-refractivity contribution in [2.24, 2.45) is 0 Å². The zero-order valence-electron chi connectivity index (χ0n) is 6.17. The quantitative estimate of drug-likeness (QED) is 0.567. The van der Waals surface area contributed by atoms with Crippen LogP contribution in [0.2, 0.25) is 5.15 Å². The number of methoxy groups -OCH3 is 1. The lowest BCUT2D eigenvalue weighted by molar-refractivity contribution is 0.0599. The number of pyridine rings is 1. The first-order valence-electron chi connectivity index (χ1n) is 3.04. The van der Waals surface area contributed by atoms with E-state index in [4.69, 9.17) is 11.6 Å². The van der Waals surface area contributed by atoms with Gasteiger partial charge >= 0.3 is 5.97 Å². The summed E-state index contributed by atoms with van der Waals surface area (Å²) in [4.78, 5) is 14.8. The molecular formula is C7H5BrClNO2. The number of nitrogens with zero attached hydrogens (tertiary/aromatic N) is 1. The molecule has 0 fully saturated rings. The second kappa shape index (κ2) is 3.87. The zero-order valence-corrected chi connectivity index (χ0v) is 8.52. The smallest absolute Gasteiger partial charge is 0.340 e. The molecule has 0 radical (unpaired) electrons. The lowest BCUT2D eigenvalue weighted by Gasteiger charge is -2.00. The van der Waals surface area contributed by atoms with Crippen LogP contribution in [0.5, 0.6) is 0 Å². The summed E-state index contributed by atoms with van der Waals surface area (Å²) in [5.74, 6) is -0.439. The molecule has 12 heavy (non-hydrogen) atoms. The summed E-state index contributed by atoms with van der Waals surface area (Å²) in [7, 11) is 1.31. The largest absolute Gasteiger partial charge is 0.465 e. The van der Waals surface area contributed by atoms with E-state index in [9.17, 15) is 4.79 Å². The molecule has 0 bridgehead atoms. The van der Waals surface area contributed by atoms with Gasteiger partial charge in [-0.25, -0.2) is 9.78 Å². The standard InChI is InChI=1S/C7H5BrClNO2/c1-12-7(11)4-3-10-6(9)2-5(4)8/h2-3H,1H3. The topological polar surface area (TPSA) is 39.2 Å². The monoisotopic (exact) mass is 249 g/mol. The number of hydrogen-bond acceptors (Lipinski definition) is 3. The van der Waals surface area contributed by atoms with Gasteiger partial charge in [0.25, 0.3) is 0 Å². The van der Waals surface area contributed by atoms with Crippen molar-refractivity contribution in [2.45, 2.75) is 0 Å². The molecular weight excluding hydrogens is 245 g/mol. The molecule has 0 saturated heterocycles. The van der Waals surface area contributed by atoms with Crippen LogP contribution in [0.4, 0.5) is 0 Å². The third kappa shape index (κ3) is 1.95. The predicted molar refractivity (Wildman–Crippen MR) is 48.3 cm³/mol. The molecule has 1 heterocycles. The second-order valence-electron chi connectivity index (χ2n) is 1.98. The van der Waals surface area contributed by atoms with Crippen LogP contribution in [0.1, 0.15) is 10.4 Å². The third-order valence-electron chi connectivity index (χ3n) is 1.23. The van der Waals surface area contributed by atoms with Gasteiger partial charge in [-0.05, 0) is 22.0 Å². The van der Waals surface area contributed by atoms with Crippen molar-refractivity contribution < 1.29 is 9.53 Å². The molecule has 1 aromatic rings. The fraction of sp³-hybridized carbons (Fsp3) is 0.143. The van der Waals surface area contributed by atoms with Gasteiger partial charge < -0.3 is 4.74 Å². The number of aromatic nitrogens is 1. The van der Waals surface area contributed by atoms with E-state index < -0.39 is 5.97 Å². The maximum atomic E-state index is 11.0. The Morgan fingerprint density at radius 2 is 2.42 bits per heavy atom. The Morgan fingerprint density at radius 1 is 1.75 bits per heavy atom. The Morgan fingerprint density at radius 3 is 2.92 bits per heavy atom. The highest BCUT2D eigenvalue weighted by Crippen LogP contribution is 2.19. The molecule has 0 aliphatic rings. The van der Waals surface area contributed by atoms with Gasteiger partial charge in [0.1, 0.15) is 5.15 Å². The lowest BCUT2D eigenvalue weighted by Crippen LogP contribution is -2.02. The molecule has 0 saturated carbocycles. The minimum Gasteiger partial charge on any atom is -0.465 e. The fourth-order valence-corrected chi connectivity index (χ4v) is 1.44. The average Bonchev–Trinajstić information content (AvgIpc) is 2.03. The first-order chi connectivity index (χ1) is 5.65. The van der Waals surface area contributed by atoms with Gasteiger partial charge in [-0.3, -0.25) is 0 Å². The van der Waals surface area contributed by atoms with Crippen LogP contribution in [0.25, 0.3) is 0 Å². The van der Waals surface area contributed by atoms with Gasteiger partial charge in [-0.1, -0.05) is 11.6 Å². The van der Waals surface area contributed by atoms with E-state index in [1.54, 1.807) is 0 Å². The third-order valence-corrected chi connectivity index (χ3v) is 2.09. The number of halogens is 2. The molecule has 64 valence electrons. The molecule has 0 aromatic carbocycles. The molecule has 3 nitrogen and oxygen atoms in total. The number of esters is 1. The van der Waals surface area contributed by atoms with Gasteiger partial charge in [0, 0.05) is 10.7 Å². The SMILES string of the molecule is COC(=O)c1cnc(Cl)cc1Br. The molecule has 0 N–H and O–H groups in total. The van der Waals surface area contributed by atoms with Crippen LogP contribution in [0.3, 0.4) is 0 Å². The molecule has 0 unspecified atom stereocenters. The Bertz CT molecular complexity index is 316. The number of ether oxygens (including phenoxy) is 1. The summed E-state index contributed by atoms with van der Waals surface area (Å²) in [6.07, 6.45) is 1.36. The molecule has 0 amide bonds. The van der Waals surface area contributed by atoms with Crippen LogP contribution >= 0.6 is 27.5 Å². The minimum atomic E-state index is -0.439. The summed E-state index contributed by atoms with van der Waals surface area (Å²) in [5, 5.41) is 0.328. The van der Waals surface area contributed by atoms with E-state index in [-0.39, 0.29) is 0 Å². The molecule has 0 spiro atoms. The van der Waals surface area contributed by atoms with Crippen molar-refractivity contribution >= 4 is 33.5 Å².